The van der Waals surface area contributed by atoms with Crippen molar-refractivity contribution in [2.45, 2.75) is 469 Å². The molecule has 0 aromatic carbocycles. The molecule has 0 aliphatic carbocycles. The second-order valence-corrected chi connectivity index (χ2v) is 27.4. The van der Waals surface area contributed by atoms with E-state index in [-0.39, 0.29) is 18.5 Å². The third-order valence-electron chi connectivity index (χ3n) is 18.8. The number of aliphatic hydroxyl groups is 2. The number of esters is 1. The van der Waals surface area contributed by atoms with Crippen molar-refractivity contribution in [2.75, 3.05) is 13.2 Å². The Bertz CT molecular complexity index is 1290. The van der Waals surface area contributed by atoms with Crippen LogP contribution in [0.15, 0.2) is 12.2 Å². The van der Waals surface area contributed by atoms with Gasteiger partial charge in [0.1, 0.15) is 0 Å². The van der Waals surface area contributed by atoms with Crippen LogP contribution >= 0.6 is 0 Å². The number of nitrogens with one attached hydrogen (secondary N) is 1. The Labute approximate surface area is 533 Å². The van der Waals surface area contributed by atoms with Gasteiger partial charge in [0, 0.05) is 12.8 Å². The van der Waals surface area contributed by atoms with Crippen LogP contribution in [0, 0.1) is 0 Å². The molecule has 0 saturated carbocycles. The number of allylic oxidation sites excluding steroid dienone is 1. The van der Waals surface area contributed by atoms with Gasteiger partial charge in [0.2, 0.25) is 5.91 Å². The van der Waals surface area contributed by atoms with Crippen LogP contribution in [0.4, 0.5) is 0 Å². The molecule has 0 aromatic heterocycles. The van der Waals surface area contributed by atoms with Crippen LogP contribution in [0.1, 0.15) is 457 Å². The van der Waals surface area contributed by atoms with E-state index in [1.54, 1.807) is 6.08 Å². The molecule has 0 fully saturated rings. The summed E-state index contributed by atoms with van der Waals surface area (Å²) in [6, 6.07) is -0.622. The van der Waals surface area contributed by atoms with Crippen LogP contribution in [0.2, 0.25) is 0 Å². The molecule has 0 spiro atoms. The number of unbranched alkanes of at least 4 members (excludes halogenated alkanes) is 64. The fourth-order valence-corrected chi connectivity index (χ4v) is 12.8. The maximum Gasteiger partial charge on any atom is 0.305 e. The van der Waals surface area contributed by atoms with Gasteiger partial charge in [-0.05, 0) is 32.1 Å². The van der Waals surface area contributed by atoms with Crippen LogP contribution in [-0.2, 0) is 14.3 Å². The van der Waals surface area contributed by atoms with Crippen LogP contribution in [0.5, 0.6) is 0 Å². The number of hydrogen-bond donors (Lipinski definition) is 3. The summed E-state index contributed by atoms with van der Waals surface area (Å²) >= 11 is 0. The van der Waals surface area contributed by atoms with Gasteiger partial charge in [-0.25, -0.2) is 0 Å². The van der Waals surface area contributed by atoms with Gasteiger partial charge < -0.3 is 20.3 Å². The molecule has 0 radical (unpaired) electrons. The van der Waals surface area contributed by atoms with Gasteiger partial charge in [0.15, 0.2) is 0 Å². The molecule has 0 heterocycles. The molecule has 506 valence electrons. The SMILES string of the molecule is CCCCCCCCCCCCCCCC/C=C/C(O)C(CO)NC(=O)CCCCCCCCCCCCCCCCCCCCCCCCCCCCCCCCCCCCCCCCCOC(=O)CCCCCCCCCCCCCCC. The Morgan fingerprint density at radius 1 is 0.318 bits per heavy atom. The highest BCUT2D eigenvalue weighted by Gasteiger charge is 2.18. The van der Waals surface area contributed by atoms with Crippen molar-refractivity contribution >= 4 is 11.9 Å². The lowest BCUT2D eigenvalue weighted by Crippen LogP contribution is -2.45. The fourth-order valence-electron chi connectivity index (χ4n) is 12.8. The maximum absolute atomic E-state index is 12.5. The molecule has 0 rings (SSSR count). The molecule has 3 N–H and O–H groups in total. The first-order valence-electron chi connectivity index (χ1n) is 39.5. The second-order valence-electron chi connectivity index (χ2n) is 27.4. The van der Waals surface area contributed by atoms with Gasteiger partial charge >= 0.3 is 5.97 Å². The van der Waals surface area contributed by atoms with Crippen LogP contribution in [0.3, 0.4) is 0 Å². The van der Waals surface area contributed by atoms with E-state index in [4.69, 9.17) is 4.74 Å². The summed E-state index contributed by atoms with van der Waals surface area (Å²) in [5, 5.41) is 23.2. The topological polar surface area (TPSA) is 95.9 Å². The summed E-state index contributed by atoms with van der Waals surface area (Å²) in [7, 11) is 0. The lowest BCUT2D eigenvalue weighted by atomic mass is 10.0. The summed E-state index contributed by atoms with van der Waals surface area (Å²) in [6.07, 6.45) is 94.9. The number of amides is 1. The maximum atomic E-state index is 12.5. The summed E-state index contributed by atoms with van der Waals surface area (Å²) < 4.78 is 5.50. The summed E-state index contributed by atoms with van der Waals surface area (Å²) in [5.41, 5.74) is 0. The van der Waals surface area contributed by atoms with E-state index in [2.05, 4.69) is 19.2 Å². The number of carbonyl (C=O) groups excluding carboxylic acids is 2. The lowest BCUT2D eigenvalue weighted by Gasteiger charge is -2.20. The number of hydrogen-bond acceptors (Lipinski definition) is 5. The molecule has 0 saturated heterocycles. The van der Waals surface area contributed by atoms with Crippen LogP contribution < -0.4 is 5.32 Å². The minimum Gasteiger partial charge on any atom is -0.466 e. The monoisotopic (exact) mass is 1200 g/mol. The molecule has 1 amide bonds. The van der Waals surface area contributed by atoms with Gasteiger partial charge in [-0.15, -0.1) is 0 Å². The molecular weight excluding hydrogens is 1040 g/mol. The fraction of sp³-hybridized carbons (Fsp3) is 0.949. The number of ether oxygens (including phenoxy) is 1. The zero-order valence-electron chi connectivity index (χ0n) is 58.1. The lowest BCUT2D eigenvalue weighted by molar-refractivity contribution is -0.143. The first kappa shape index (κ1) is 83.6. The Balaban J connectivity index is 3.29. The van der Waals surface area contributed by atoms with E-state index >= 15 is 0 Å². The predicted molar refractivity (Wildman–Crippen MR) is 375 cm³/mol. The third-order valence-corrected chi connectivity index (χ3v) is 18.8. The van der Waals surface area contributed by atoms with Crippen LogP contribution in [-0.4, -0.2) is 47.4 Å². The minimum atomic E-state index is -0.839. The van der Waals surface area contributed by atoms with Gasteiger partial charge in [-0.2, -0.15) is 0 Å². The Hall–Kier alpha value is -1.40. The van der Waals surface area contributed by atoms with E-state index in [0.29, 0.717) is 19.4 Å². The molecule has 0 bridgehead atoms. The molecule has 0 aliphatic rings. The van der Waals surface area contributed by atoms with Gasteiger partial charge in [0.05, 0.1) is 25.4 Å². The second kappa shape index (κ2) is 75.1. The van der Waals surface area contributed by atoms with E-state index in [1.165, 1.54) is 392 Å². The normalized spacial score (nSPS) is 12.5. The zero-order chi connectivity index (χ0) is 61.3. The zero-order valence-corrected chi connectivity index (χ0v) is 58.1. The van der Waals surface area contributed by atoms with Crippen molar-refractivity contribution in [3.63, 3.8) is 0 Å². The van der Waals surface area contributed by atoms with E-state index in [0.717, 1.165) is 38.5 Å². The third kappa shape index (κ3) is 71.6. The standard InChI is InChI=1S/C79H155NO5/c1-3-5-7-9-11-13-15-17-18-44-48-51-55-59-63-67-71-77(82)76(75-81)80-78(83)72-68-64-60-56-52-49-45-42-40-38-36-34-32-30-28-26-24-22-20-19-21-23-25-27-29-31-33-35-37-39-41-43-46-50-54-58-62-66-70-74-85-79(84)73-69-65-61-57-53-47-16-14-12-10-8-6-4-2/h67,71,76-77,81-82H,3-66,68-70,72-75H2,1-2H3,(H,80,83)/b71-67+. The first-order chi connectivity index (χ1) is 42.0. The smallest absolute Gasteiger partial charge is 0.305 e. The molecule has 0 aromatic rings. The van der Waals surface area contributed by atoms with Gasteiger partial charge in [-0.3, -0.25) is 9.59 Å². The quantitative estimate of drug-likeness (QED) is 0.0320. The summed E-state index contributed by atoms with van der Waals surface area (Å²) in [6.45, 7) is 4.95. The van der Waals surface area contributed by atoms with E-state index in [1.807, 2.05) is 6.08 Å². The highest BCUT2D eigenvalue weighted by molar-refractivity contribution is 5.76. The molecule has 2 unspecified atom stereocenters. The van der Waals surface area contributed by atoms with Crippen molar-refractivity contribution in [1.29, 1.82) is 0 Å². The van der Waals surface area contributed by atoms with E-state index < -0.39 is 12.1 Å². The number of aliphatic hydroxyl groups excluding tert-OH is 2. The molecule has 6 heteroatoms. The molecule has 6 nitrogen and oxygen atoms in total. The number of rotatable bonds is 75. The predicted octanol–water partition coefficient (Wildman–Crippen LogP) is 25.9. The van der Waals surface area contributed by atoms with E-state index in [9.17, 15) is 19.8 Å². The molecular formula is C79H155NO5. The Morgan fingerprint density at radius 3 is 0.800 bits per heavy atom. The summed E-state index contributed by atoms with van der Waals surface area (Å²) in [5.74, 6) is -0.0317. The first-order valence-corrected chi connectivity index (χ1v) is 39.5. The van der Waals surface area contributed by atoms with Gasteiger partial charge in [-0.1, -0.05) is 424 Å². The van der Waals surface area contributed by atoms with Crippen molar-refractivity contribution in [2.24, 2.45) is 0 Å². The highest BCUT2D eigenvalue weighted by atomic mass is 16.5. The van der Waals surface area contributed by atoms with Gasteiger partial charge in [0.25, 0.3) is 0 Å². The Kier molecular flexibility index (Phi) is 73.8. The van der Waals surface area contributed by atoms with Crippen LogP contribution in [0.25, 0.3) is 0 Å². The number of carbonyl (C=O) groups is 2. The highest BCUT2D eigenvalue weighted by Crippen LogP contribution is 2.20. The summed E-state index contributed by atoms with van der Waals surface area (Å²) in [4.78, 5) is 24.6. The van der Waals surface area contributed by atoms with Crippen molar-refractivity contribution in [1.82, 2.24) is 5.32 Å². The van der Waals surface area contributed by atoms with Crippen molar-refractivity contribution in [3.8, 4) is 0 Å². The van der Waals surface area contributed by atoms with Crippen molar-refractivity contribution < 1.29 is 24.5 Å². The Morgan fingerprint density at radius 2 is 0.541 bits per heavy atom. The molecule has 0 aliphatic heterocycles. The average Bonchev–Trinajstić information content (AvgIpc) is 3.54. The molecule has 2 atom stereocenters. The van der Waals surface area contributed by atoms with Crippen molar-refractivity contribution in [3.05, 3.63) is 12.2 Å². The molecule has 85 heavy (non-hydrogen) atoms. The minimum absolute atomic E-state index is 0.0264. The largest absolute Gasteiger partial charge is 0.466 e. The average molecular weight is 1200 g/mol.